The van der Waals surface area contributed by atoms with Gasteiger partial charge in [-0.05, 0) is 6.42 Å². The number of aryl methyl sites for hydroxylation is 2. The molecule has 0 unspecified atom stereocenters. The van der Waals surface area contributed by atoms with Crippen LogP contribution >= 0.6 is 11.3 Å². The summed E-state index contributed by atoms with van der Waals surface area (Å²) in [4.78, 5) is 8.62. The highest BCUT2D eigenvalue weighted by Gasteiger charge is 2.01. The van der Waals surface area contributed by atoms with Crippen LogP contribution in [0.3, 0.4) is 0 Å². The molecule has 2 aromatic heterocycles. The van der Waals surface area contributed by atoms with Crippen LogP contribution in [-0.4, -0.2) is 19.7 Å². The van der Waals surface area contributed by atoms with Crippen molar-refractivity contribution in [1.82, 2.24) is 25.1 Å². The van der Waals surface area contributed by atoms with Crippen molar-refractivity contribution >= 4 is 11.3 Å². The maximum absolute atomic E-state index is 4.48. The van der Waals surface area contributed by atoms with Gasteiger partial charge in [0.2, 0.25) is 0 Å². The quantitative estimate of drug-likeness (QED) is 0.847. The van der Waals surface area contributed by atoms with Gasteiger partial charge in [0.1, 0.15) is 6.33 Å². The number of thiazole rings is 1. The molecule has 0 bridgehead atoms. The second-order valence-corrected chi connectivity index (χ2v) is 4.47. The van der Waals surface area contributed by atoms with E-state index in [2.05, 4.69) is 32.7 Å². The number of rotatable bonds is 5. The van der Waals surface area contributed by atoms with Crippen molar-refractivity contribution in [2.75, 3.05) is 0 Å². The molecule has 0 aliphatic rings. The van der Waals surface area contributed by atoms with Gasteiger partial charge in [-0.15, -0.1) is 11.3 Å². The first-order valence-electron chi connectivity index (χ1n) is 5.26. The van der Waals surface area contributed by atoms with E-state index in [1.807, 2.05) is 7.05 Å². The van der Waals surface area contributed by atoms with E-state index in [1.165, 1.54) is 5.01 Å². The largest absolute Gasteiger partial charge is 0.304 e. The number of hydrogen-bond acceptors (Lipinski definition) is 5. The Morgan fingerprint density at radius 2 is 2.31 bits per heavy atom. The van der Waals surface area contributed by atoms with Crippen molar-refractivity contribution in [3.05, 3.63) is 28.2 Å². The summed E-state index contributed by atoms with van der Waals surface area (Å²) in [5.74, 6) is 0.813. The van der Waals surface area contributed by atoms with Crippen LogP contribution in [0, 0.1) is 0 Å². The van der Waals surface area contributed by atoms with Gasteiger partial charge in [0.15, 0.2) is 5.82 Å². The van der Waals surface area contributed by atoms with E-state index in [0.717, 1.165) is 24.5 Å². The summed E-state index contributed by atoms with van der Waals surface area (Å²) in [5.41, 5.74) is 1.10. The minimum absolute atomic E-state index is 0.680. The van der Waals surface area contributed by atoms with Gasteiger partial charge in [0.25, 0.3) is 0 Å². The molecular weight excluding hydrogens is 222 g/mol. The van der Waals surface area contributed by atoms with Crippen LogP contribution in [0.15, 0.2) is 11.7 Å². The van der Waals surface area contributed by atoms with E-state index >= 15 is 0 Å². The number of nitrogens with one attached hydrogen (secondary N) is 1. The number of nitrogens with zero attached hydrogens (tertiary/aromatic N) is 4. The van der Waals surface area contributed by atoms with Gasteiger partial charge in [-0.3, -0.25) is 4.68 Å². The van der Waals surface area contributed by atoms with Crippen LogP contribution in [0.5, 0.6) is 0 Å². The normalized spacial score (nSPS) is 10.9. The zero-order chi connectivity index (χ0) is 11.4. The van der Waals surface area contributed by atoms with Gasteiger partial charge < -0.3 is 5.32 Å². The first kappa shape index (κ1) is 11.2. The van der Waals surface area contributed by atoms with Crippen molar-refractivity contribution in [2.45, 2.75) is 26.4 Å². The molecule has 2 aromatic rings. The third kappa shape index (κ3) is 2.86. The highest BCUT2D eigenvalue weighted by Crippen LogP contribution is 2.09. The van der Waals surface area contributed by atoms with Crippen molar-refractivity contribution < 1.29 is 0 Å². The van der Waals surface area contributed by atoms with Crippen LogP contribution in [0.1, 0.15) is 23.4 Å². The second-order valence-electron chi connectivity index (χ2n) is 3.52. The Morgan fingerprint density at radius 1 is 1.44 bits per heavy atom. The molecule has 0 spiro atoms. The smallest absolute Gasteiger partial charge is 0.164 e. The van der Waals surface area contributed by atoms with Crippen LogP contribution in [0.4, 0.5) is 0 Å². The average Bonchev–Trinajstić information content (AvgIpc) is 2.88. The minimum atomic E-state index is 0.680. The minimum Gasteiger partial charge on any atom is -0.304 e. The van der Waals surface area contributed by atoms with Gasteiger partial charge in [0.05, 0.1) is 17.2 Å². The van der Waals surface area contributed by atoms with Gasteiger partial charge in [-0.25, -0.2) is 9.97 Å². The summed E-state index contributed by atoms with van der Waals surface area (Å²) in [6.07, 6.45) is 2.71. The SMILES string of the molecule is CCc1nc(CNCc2ncn(C)n2)cs1. The topological polar surface area (TPSA) is 55.6 Å². The van der Waals surface area contributed by atoms with E-state index in [-0.39, 0.29) is 0 Å². The molecule has 0 aromatic carbocycles. The summed E-state index contributed by atoms with van der Waals surface area (Å²) in [5, 5.41) is 10.7. The highest BCUT2D eigenvalue weighted by atomic mass is 32.1. The highest BCUT2D eigenvalue weighted by molar-refractivity contribution is 7.09. The van der Waals surface area contributed by atoms with E-state index in [1.54, 1.807) is 22.3 Å². The molecule has 5 nitrogen and oxygen atoms in total. The molecule has 0 aliphatic heterocycles. The van der Waals surface area contributed by atoms with Gasteiger partial charge in [0, 0.05) is 19.0 Å². The lowest BCUT2D eigenvalue weighted by atomic mass is 10.4. The van der Waals surface area contributed by atoms with Crippen molar-refractivity contribution in [3.63, 3.8) is 0 Å². The first-order valence-corrected chi connectivity index (χ1v) is 6.14. The fourth-order valence-electron chi connectivity index (χ4n) is 1.36. The Balaban J connectivity index is 1.79. The summed E-state index contributed by atoms with van der Waals surface area (Å²) in [6, 6.07) is 0. The molecule has 16 heavy (non-hydrogen) atoms. The molecule has 1 N–H and O–H groups in total. The zero-order valence-electron chi connectivity index (χ0n) is 9.47. The molecule has 0 radical (unpaired) electrons. The monoisotopic (exact) mass is 237 g/mol. The van der Waals surface area contributed by atoms with Crippen LogP contribution in [-0.2, 0) is 26.6 Å². The lowest BCUT2D eigenvalue weighted by molar-refractivity contribution is 0.641. The molecule has 0 aliphatic carbocycles. The van der Waals surface area contributed by atoms with Crippen LogP contribution in [0.25, 0.3) is 0 Å². The van der Waals surface area contributed by atoms with E-state index in [0.29, 0.717) is 6.54 Å². The molecule has 2 heterocycles. The first-order chi connectivity index (χ1) is 7.78. The third-order valence-corrected chi connectivity index (χ3v) is 3.18. The Labute approximate surface area is 98.5 Å². The fraction of sp³-hybridized carbons (Fsp3) is 0.500. The third-order valence-electron chi connectivity index (χ3n) is 2.14. The molecule has 0 saturated heterocycles. The summed E-state index contributed by atoms with van der Waals surface area (Å²) in [6.45, 7) is 3.57. The Hall–Kier alpha value is -1.27. The maximum Gasteiger partial charge on any atom is 0.164 e. The molecule has 0 atom stereocenters. The lowest BCUT2D eigenvalue weighted by Crippen LogP contribution is -2.14. The molecule has 2 rings (SSSR count). The molecule has 0 fully saturated rings. The Kier molecular flexibility index (Phi) is 3.63. The molecule has 86 valence electrons. The standard InChI is InChI=1S/C10H15N5S/c1-3-10-13-8(6-16-10)4-11-5-9-12-7-15(2)14-9/h6-7,11H,3-5H2,1-2H3. The molecule has 0 amide bonds. The van der Waals surface area contributed by atoms with E-state index in [4.69, 9.17) is 0 Å². The fourth-order valence-corrected chi connectivity index (χ4v) is 2.10. The summed E-state index contributed by atoms with van der Waals surface area (Å²) >= 11 is 1.71. The molecule has 6 heteroatoms. The number of aromatic nitrogens is 4. The van der Waals surface area contributed by atoms with Crippen molar-refractivity contribution in [2.24, 2.45) is 7.05 Å². The van der Waals surface area contributed by atoms with E-state index < -0.39 is 0 Å². The van der Waals surface area contributed by atoms with E-state index in [9.17, 15) is 0 Å². The lowest BCUT2D eigenvalue weighted by Gasteiger charge is -1.98. The molecule has 0 saturated carbocycles. The number of hydrogen-bond donors (Lipinski definition) is 1. The summed E-state index contributed by atoms with van der Waals surface area (Å²) in [7, 11) is 1.87. The zero-order valence-corrected chi connectivity index (χ0v) is 10.3. The van der Waals surface area contributed by atoms with Gasteiger partial charge in [-0.1, -0.05) is 6.92 Å². The second kappa shape index (κ2) is 5.18. The van der Waals surface area contributed by atoms with Crippen LogP contribution in [0.2, 0.25) is 0 Å². The van der Waals surface area contributed by atoms with Crippen LogP contribution < -0.4 is 5.32 Å². The average molecular weight is 237 g/mol. The predicted octanol–water partition coefficient (Wildman–Crippen LogP) is 1.12. The van der Waals surface area contributed by atoms with Gasteiger partial charge >= 0.3 is 0 Å². The van der Waals surface area contributed by atoms with Crippen molar-refractivity contribution in [1.29, 1.82) is 0 Å². The van der Waals surface area contributed by atoms with Crippen molar-refractivity contribution in [3.8, 4) is 0 Å². The predicted molar refractivity (Wildman–Crippen MR) is 63.0 cm³/mol. The Morgan fingerprint density at radius 3 is 2.94 bits per heavy atom. The van der Waals surface area contributed by atoms with Gasteiger partial charge in [-0.2, -0.15) is 5.10 Å². The maximum atomic E-state index is 4.48. The molecular formula is C10H15N5S. The summed E-state index contributed by atoms with van der Waals surface area (Å²) < 4.78 is 1.70. The Bertz CT molecular complexity index is 448.